The van der Waals surface area contributed by atoms with Gasteiger partial charge in [0, 0.05) is 5.54 Å². The molecule has 0 saturated carbocycles. The van der Waals surface area contributed by atoms with Crippen LogP contribution in [0.5, 0.6) is 0 Å². The molecular weight excluding hydrogens is 299 g/mol. The van der Waals surface area contributed by atoms with Crippen molar-refractivity contribution < 1.29 is 28.8 Å². The largest absolute Gasteiger partial charge is 0.459 e. The summed E-state index contributed by atoms with van der Waals surface area (Å²) in [5, 5.41) is 8.26. The molecule has 0 aliphatic carbocycles. The Labute approximate surface area is 122 Å². The summed E-state index contributed by atoms with van der Waals surface area (Å²) in [6.45, 7) is 2.34. The van der Waals surface area contributed by atoms with E-state index < -0.39 is 5.97 Å². The Morgan fingerprint density at radius 3 is 1.89 bits per heavy atom. The molecule has 0 fully saturated rings. The number of ether oxygens (including phenoxy) is 4. The lowest BCUT2D eigenvalue weighted by Gasteiger charge is -2.06. The molecule has 8 heteroatoms. The maximum absolute atomic E-state index is 11.0. The first kappa shape index (κ1) is 18.6. The number of hydrogen-bond acceptors (Lipinski definition) is 6. The molecule has 0 heterocycles. The minimum Gasteiger partial charge on any atom is -0.459 e. The van der Waals surface area contributed by atoms with E-state index in [9.17, 15) is 4.79 Å². The summed E-state index contributed by atoms with van der Waals surface area (Å²) in [7, 11) is 0. The highest BCUT2D eigenvalue weighted by Gasteiger charge is 2.06. The molecule has 0 saturated heterocycles. The van der Waals surface area contributed by atoms with Gasteiger partial charge in [-0.3, -0.25) is 0 Å². The van der Waals surface area contributed by atoms with Gasteiger partial charge in [0.2, 0.25) is 0 Å². The van der Waals surface area contributed by atoms with Gasteiger partial charge in [-0.2, -0.15) is 0 Å². The van der Waals surface area contributed by atoms with Gasteiger partial charge in [0.25, 0.3) is 0 Å². The van der Waals surface area contributed by atoms with Crippen LogP contribution in [0.2, 0.25) is 0 Å². The average molecular weight is 317 g/mol. The smallest absolute Gasteiger partial charge is 0.350 e. The zero-order valence-electron chi connectivity index (χ0n) is 10.5. The van der Waals surface area contributed by atoms with Gasteiger partial charge in [-0.1, -0.05) is 23.2 Å². The standard InChI is InChI=1S/C11H18Cl2O6/c12-9-10(13)11(15)19-8-7-18-6-5-17-4-3-16-2-1-14/h9,14H,1-8H2/b10-9-. The fourth-order valence-corrected chi connectivity index (χ4v) is 1.06. The van der Waals surface area contributed by atoms with Gasteiger partial charge in [0.15, 0.2) is 0 Å². The number of rotatable bonds is 12. The second-order valence-corrected chi connectivity index (χ2v) is 3.78. The van der Waals surface area contributed by atoms with Crippen LogP contribution in [0.4, 0.5) is 0 Å². The van der Waals surface area contributed by atoms with Crippen LogP contribution in [0.1, 0.15) is 0 Å². The van der Waals surface area contributed by atoms with Crippen molar-refractivity contribution in [2.24, 2.45) is 0 Å². The molecule has 0 aliphatic heterocycles. The van der Waals surface area contributed by atoms with Crippen molar-refractivity contribution in [3.63, 3.8) is 0 Å². The van der Waals surface area contributed by atoms with E-state index in [1.54, 1.807) is 0 Å². The number of esters is 1. The zero-order valence-corrected chi connectivity index (χ0v) is 12.0. The third-order valence-electron chi connectivity index (χ3n) is 1.73. The molecule has 1 N–H and O–H groups in total. The second kappa shape index (κ2) is 14.0. The Balaban J connectivity index is 3.17. The first-order valence-electron chi connectivity index (χ1n) is 5.69. The normalized spacial score (nSPS) is 11.6. The summed E-state index contributed by atoms with van der Waals surface area (Å²) in [5.41, 5.74) is 0.942. The highest BCUT2D eigenvalue weighted by molar-refractivity contribution is 6.45. The molecule has 0 spiro atoms. The number of carbonyl (C=O) groups is 1. The first-order valence-corrected chi connectivity index (χ1v) is 6.51. The van der Waals surface area contributed by atoms with Gasteiger partial charge in [-0.15, -0.1) is 0 Å². The van der Waals surface area contributed by atoms with E-state index in [1.807, 2.05) is 0 Å². The van der Waals surface area contributed by atoms with Gasteiger partial charge in [-0.25, -0.2) is 4.79 Å². The summed E-state index contributed by atoms with van der Waals surface area (Å²) in [6.07, 6.45) is 0. The first-order chi connectivity index (χ1) is 9.22. The average Bonchev–Trinajstić information content (AvgIpc) is 2.43. The van der Waals surface area contributed by atoms with Crippen LogP contribution in [-0.4, -0.2) is 63.9 Å². The van der Waals surface area contributed by atoms with Crippen LogP contribution in [0.25, 0.3) is 0 Å². The van der Waals surface area contributed by atoms with Crippen LogP contribution in [-0.2, 0) is 23.7 Å². The maximum atomic E-state index is 11.0. The predicted molar refractivity (Wildman–Crippen MR) is 70.3 cm³/mol. The van der Waals surface area contributed by atoms with Crippen LogP contribution in [0.3, 0.4) is 0 Å². The van der Waals surface area contributed by atoms with E-state index in [-0.39, 0.29) is 24.9 Å². The molecule has 0 radical (unpaired) electrons. The van der Waals surface area contributed by atoms with Crippen molar-refractivity contribution in [2.75, 3.05) is 52.9 Å². The number of aliphatic hydroxyl groups excluding tert-OH is 1. The molecular formula is C11H18Cl2O6. The molecule has 6 nitrogen and oxygen atoms in total. The summed E-state index contributed by atoms with van der Waals surface area (Å²) in [6, 6.07) is 0. The van der Waals surface area contributed by atoms with Crippen molar-refractivity contribution in [1.29, 1.82) is 0 Å². The minimum absolute atomic E-state index is 0.00472. The molecule has 112 valence electrons. The Hall–Kier alpha value is -0.370. The maximum Gasteiger partial charge on any atom is 0.350 e. The Morgan fingerprint density at radius 2 is 1.42 bits per heavy atom. The molecule has 0 rings (SSSR count). The van der Waals surface area contributed by atoms with E-state index >= 15 is 0 Å². The predicted octanol–water partition coefficient (Wildman–Crippen LogP) is 0.891. The lowest BCUT2D eigenvalue weighted by Crippen LogP contribution is -2.14. The molecule has 0 aliphatic rings. The fourth-order valence-electron chi connectivity index (χ4n) is 0.913. The topological polar surface area (TPSA) is 74.2 Å². The van der Waals surface area contributed by atoms with Gasteiger partial charge >= 0.3 is 5.97 Å². The second-order valence-electron chi connectivity index (χ2n) is 3.15. The van der Waals surface area contributed by atoms with Crippen molar-refractivity contribution in [3.05, 3.63) is 10.6 Å². The lowest BCUT2D eigenvalue weighted by atomic mass is 10.6. The van der Waals surface area contributed by atoms with Crippen molar-refractivity contribution in [2.45, 2.75) is 0 Å². The molecule has 0 bridgehead atoms. The highest BCUT2D eigenvalue weighted by Crippen LogP contribution is 2.04. The fraction of sp³-hybridized carbons (Fsp3) is 0.727. The number of halogens is 2. The number of carbonyl (C=O) groups excluding carboxylic acids is 1. The SMILES string of the molecule is O=C(OCCOCCOCCOCCO)/C(Cl)=C/Cl. The quantitative estimate of drug-likeness (QED) is 0.327. The van der Waals surface area contributed by atoms with E-state index in [0.29, 0.717) is 33.0 Å². The monoisotopic (exact) mass is 316 g/mol. The molecule has 0 aromatic heterocycles. The van der Waals surface area contributed by atoms with E-state index in [0.717, 1.165) is 5.54 Å². The molecule has 0 unspecified atom stereocenters. The van der Waals surface area contributed by atoms with Crippen LogP contribution in [0, 0.1) is 0 Å². The molecule has 0 amide bonds. The van der Waals surface area contributed by atoms with E-state index in [1.165, 1.54) is 0 Å². The minimum atomic E-state index is -0.683. The Kier molecular flexibility index (Phi) is 13.8. The Morgan fingerprint density at radius 1 is 0.947 bits per heavy atom. The third-order valence-corrected chi connectivity index (χ3v) is 2.32. The molecule has 0 aromatic rings. The van der Waals surface area contributed by atoms with Crippen LogP contribution in [0.15, 0.2) is 10.6 Å². The molecule has 0 aromatic carbocycles. The van der Waals surface area contributed by atoms with Crippen molar-refractivity contribution in [3.8, 4) is 0 Å². The number of aliphatic hydroxyl groups is 1. The van der Waals surface area contributed by atoms with E-state index in [2.05, 4.69) is 0 Å². The zero-order chi connectivity index (χ0) is 14.3. The van der Waals surface area contributed by atoms with Crippen molar-refractivity contribution >= 4 is 29.2 Å². The van der Waals surface area contributed by atoms with Gasteiger partial charge in [-0.05, 0) is 0 Å². The van der Waals surface area contributed by atoms with Crippen LogP contribution < -0.4 is 0 Å². The number of hydrogen-bond donors (Lipinski definition) is 1. The summed E-state index contributed by atoms with van der Waals surface area (Å²) < 4.78 is 20.0. The van der Waals surface area contributed by atoms with Crippen molar-refractivity contribution in [1.82, 2.24) is 0 Å². The van der Waals surface area contributed by atoms with Gasteiger partial charge in [0.1, 0.15) is 11.6 Å². The molecule has 19 heavy (non-hydrogen) atoms. The Bertz CT molecular complexity index is 260. The summed E-state index contributed by atoms with van der Waals surface area (Å²) >= 11 is 10.6. The summed E-state index contributed by atoms with van der Waals surface area (Å²) in [4.78, 5) is 11.0. The summed E-state index contributed by atoms with van der Waals surface area (Å²) in [5.74, 6) is -0.683. The third kappa shape index (κ3) is 12.4. The van der Waals surface area contributed by atoms with Gasteiger partial charge < -0.3 is 24.1 Å². The lowest BCUT2D eigenvalue weighted by molar-refractivity contribution is -0.139. The van der Waals surface area contributed by atoms with Crippen LogP contribution >= 0.6 is 23.2 Å². The van der Waals surface area contributed by atoms with E-state index in [4.69, 9.17) is 47.3 Å². The highest BCUT2D eigenvalue weighted by atomic mass is 35.5. The van der Waals surface area contributed by atoms with Gasteiger partial charge in [0.05, 0.1) is 46.2 Å². The molecule has 0 atom stereocenters.